The minimum absolute atomic E-state index is 0.133. The quantitative estimate of drug-likeness (QED) is 0.242. The third-order valence-electron chi connectivity index (χ3n) is 12.6. The van der Waals surface area contributed by atoms with Crippen molar-refractivity contribution >= 4 is 50.3 Å². The van der Waals surface area contributed by atoms with Crippen LogP contribution in [0.15, 0.2) is 36.4 Å². The monoisotopic (exact) mass is 828 g/mol. The van der Waals surface area contributed by atoms with Crippen molar-refractivity contribution < 1.29 is 73.1 Å². The van der Waals surface area contributed by atoms with Gasteiger partial charge in [-0.25, -0.2) is 0 Å². The minimum atomic E-state index is -4.84. The Balaban J connectivity index is 0.000000221. The molecule has 2 aromatic rings. The SMILES string of the molecule is CC1(C)OB(c2ccc(OC(F)(F)F)c(B3OC(C)(C)C(C)(C)O3)c2)OC1(C)C.CC1(C)OB(c2ccc(OC(F)(F)F)c(B3OC(C)(C)C(C)(C)O3)c2)OC1(C)C. The minimum Gasteiger partial charge on any atom is -0.406 e. The van der Waals surface area contributed by atoms with Gasteiger partial charge in [-0.15, -0.1) is 26.3 Å². The summed E-state index contributed by atoms with van der Waals surface area (Å²) in [6, 6.07) is 8.55. The summed E-state index contributed by atoms with van der Waals surface area (Å²) in [7, 11) is -3.53. The Morgan fingerprint density at radius 1 is 0.362 bits per heavy atom. The first-order valence-corrected chi connectivity index (χ1v) is 19.1. The summed E-state index contributed by atoms with van der Waals surface area (Å²) in [6.45, 7) is 29.9. The number of benzene rings is 2. The van der Waals surface area contributed by atoms with Crippen molar-refractivity contribution in [3.05, 3.63) is 36.4 Å². The molecule has 0 aromatic heterocycles. The standard InChI is InChI=1S/2C19H27B2F3O5/c2*1-15(2)16(3,4)27-20(26-15)12-9-10-14(25-19(22,23)24)13(11-12)21-28-17(5,6)18(7,8)29-21/h2*9-11H,1-8H3. The van der Waals surface area contributed by atoms with Crippen LogP contribution in [-0.4, -0.2) is 86.0 Å². The lowest BCUT2D eigenvalue weighted by Crippen LogP contribution is -2.42. The third kappa shape index (κ3) is 9.39. The number of halogens is 6. The molecule has 0 N–H and O–H groups in total. The highest BCUT2D eigenvalue weighted by atomic mass is 19.4. The Hall–Kier alpha value is -2.44. The maximum atomic E-state index is 13.0. The maximum Gasteiger partial charge on any atom is 0.573 e. The topological polar surface area (TPSA) is 92.3 Å². The zero-order valence-corrected chi connectivity index (χ0v) is 36.1. The Labute approximate surface area is 339 Å². The summed E-state index contributed by atoms with van der Waals surface area (Å²) >= 11 is 0. The lowest BCUT2D eigenvalue weighted by atomic mass is 9.71. The number of alkyl halides is 6. The molecule has 58 heavy (non-hydrogen) atoms. The molecule has 0 atom stereocenters. The highest BCUT2D eigenvalue weighted by Gasteiger charge is 2.57. The molecule has 0 spiro atoms. The van der Waals surface area contributed by atoms with Crippen LogP contribution in [-0.2, 0) is 37.2 Å². The number of ether oxygens (including phenoxy) is 2. The van der Waals surface area contributed by atoms with Gasteiger partial charge in [0.05, 0.1) is 44.8 Å². The molecule has 0 radical (unpaired) electrons. The van der Waals surface area contributed by atoms with E-state index in [0.717, 1.165) is 0 Å². The zero-order valence-electron chi connectivity index (χ0n) is 36.1. The highest BCUT2D eigenvalue weighted by Crippen LogP contribution is 2.41. The van der Waals surface area contributed by atoms with Crippen LogP contribution in [0.25, 0.3) is 0 Å². The van der Waals surface area contributed by atoms with Crippen LogP contribution in [0.5, 0.6) is 11.5 Å². The van der Waals surface area contributed by atoms with Gasteiger partial charge in [-0.2, -0.15) is 0 Å². The summed E-state index contributed by atoms with van der Waals surface area (Å²) in [5.74, 6) is -0.757. The molecule has 4 heterocycles. The van der Waals surface area contributed by atoms with Gasteiger partial charge in [0.25, 0.3) is 0 Å². The molecule has 2 aromatic carbocycles. The fraction of sp³-hybridized carbons (Fsp3) is 0.684. The fourth-order valence-corrected chi connectivity index (χ4v) is 6.13. The van der Waals surface area contributed by atoms with Gasteiger partial charge in [-0.05, 0) is 134 Å². The van der Waals surface area contributed by atoms with Crippen LogP contribution in [0.2, 0.25) is 0 Å². The van der Waals surface area contributed by atoms with Gasteiger partial charge in [-0.1, -0.05) is 24.3 Å². The second-order valence-electron chi connectivity index (χ2n) is 19.0. The molecule has 4 aliphatic heterocycles. The molecule has 4 saturated heterocycles. The van der Waals surface area contributed by atoms with Crippen molar-refractivity contribution in [2.24, 2.45) is 0 Å². The van der Waals surface area contributed by atoms with Crippen molar-refractivity contribution in [3.63, 3.8) is 0 Å². The van der Waals surface area contributed by atoms with E-state index in [2.05, 4.69) is 9.47 Å². The second kappa shape index (κ2) is 14.6. The summed E-state index contributed by atoms with van der Waals surface area (Å²) in [5.41, 5.74) is -3.80. The van der Waals surface area contributed by atoms with Crippen molar-refractivity contribution in [1.82, 2.24) is 0 Å². The Kier molecular flexibility index (Phi) is 11.7. The van der Waals surface area contributed by atoms with E-state index >= 15 is 0 Å². The Bertz CT molecular complexity index is 1650. The molecule has 4 aliphatic rings. The van der Waals surface area contributed by atoms with Crippen LogP contribution in [0.3, 0.4) is 0 Å². The Morgan fingerprint density at radius 2 is 0.569 bits per heavy atom. The molecule has 0 unspecified atom stereocenters. The van der Waals surface area contributed by atoms with Crippen molar-refractivity contribution in [2.75, 3.05) is 0 Å². The smallest absolute Gasteiger partial charge is 0.406 e. The lowest BCUT2D eigenvalue weighted by molar-refractivity contribution is -0.275. The summed E-state index contributed by atoms with van der Waals surface area (Å²) in [6.07, 6.45) is -9.69. The molecule has 20 heteroatoms. The average Bonchev–Trinajstić information content (AvgIpc) is 3.56. The summed E-state index contributed by atoms with van der Waals surface area (Å²) in [4.78, 5) is 0. The van der Waals surface area contributed by atoms with Crippen molar-refractivity contribution in [3.8, 4) is 11.5 Å². The van der Waals surface area contributed by atoms with Crippen LogP contribution in [0.4, 0.5) is 26.3 Å². The van der Waals surface area contributed by atoms with Gasteiger partial charge in [-0.3, -0.25) is 0 Å². The first kappa shape index (κ1) is 46.6. The second-order valence-corrected chi connectivity index (χ2v) is 19.0. The van der Waals surface area contributed by atoms with Crippen LogP contribution in [0.1, 0.15) is 111 Å². The molecular weight excluding hydrogens is 774 g/mol. The van der Waals surface area contributed by atoms with Crippen molar-refractivity contribution in [2.45, 2.75) is 168 Å². The van der Waals surface area contributed by atoms with Gasteiger partial charge < -0.3 is 46.7 Å². The first-order valence-electron chi connectivity index (χ1n) is 19.1. The Morgan fingerprint density at radius 3 is 0.776 bits per heavy atom. The normalized spacial score (nSPS) is 24.8. The predicted octanol–water partition coefficient (Wildman–Crippen LogP) is 6.37. The molecule has 0 aliphatic carbocycles. The lowest BCUT2D eigenvalue weighted by Gasteiger charge is -2.32. The molecule has 6 rings (SSSR count). The van der Waals surface area contributed by atoms with E-state index in [9.17, 15) is 26.3 Å². The summed E-state index contributed by atoms with van der Waals surface area (Å²) in [5, 5.41) is 0. The van der Waals surface area contributed by atoms with E-state index in [1.807, 2.05) is 111 Å². The molecule has 10 nitrogen and oxygen atoms in total. The molecule has 0 saturated carbocycles. The number of rotatable bonds is 6. The molecule has 0 bridgehead atoms. The molecule has 4 fully saturated rings. The van der Waals surface area contributed by atoms with E-state index in [-0.39, 0.29) is 22.4 Å². The number of hydrogen-bond donors (Lipinski definition) is 0. The van der Waals surface area contributed by atoms with Crippen molar-refractivity contribution in [1.29, 1.82) is 0 Å². The molecular formula is C38H54B4F6O10. The summed E-state index contributed by atoms with van der Waals surface area (Å²) < 4.78 is 134. The first-order chi connectivity index (χ1) is 25.9. The maximum absolute atomic E-state index is 13.0. The highest BCUT2D eigenvalue weighted by molar-refractivity contribution is 6.67. The van der Waals surface area contributed by atoms with Gasteiger partial charge in [0.1, 0.15) is 11.5 Å². The van der Waals surface area contributed by atoms with Gasteiger partial charge in [0, 0.05) is 10.9 Å². The van der Waals surface area contributed by atoms with E-state index in [1.165, 1.54) is 36.4 Å². The molecule has 0 amide bonds. The fourth-order valence-electron chi connectivity index (χ4n) is 6.13. The predicted molar refractivity (Wildman–Crippen MR) is 209 cm³/mol. The van der Waals surface area contributed by atoms with E-state index in [0.29, 0.717) is 10.9 Å². The average molecular weight is 828 g/mol. The van der Waals surface area contributed by atoms with Gasteiger partial charge in [0.15, 0.2) is 0 Å². The third-order valence-corrected chi connectivity index (χ3v) is 12.6. The van der Waals surface area contributed by atoms with Crippen LogP contribution >= 0.6 is 0 Å². The van der Waals surface area contributed by atoms with Crippen LogP contribution < -0.4 is 31.3 Å². The van der Waals surface area contributed by atoms with E-state index in [1.54, 1.807) is 0 Å². The van der Waals surface area contributed by atoms with Gasteiger partial charge in [0.2, 0.25) is 0 Å². The zero-order chi connectivity index (χ0) is 44.1. The largest absolute Gasteiger partial charge is 0.573 e. The van der Waals surface area contributed by atoms with E-state index < -0.39 is 86.0 Å². The molecule has 320 valence electrons. The number of hydrogen-bond acceptors (Lipinski definition) is 10. The van der Waals surface area contributed by atoms with E-state index in [4.69, 9.17) is 37.2 Å². The van der Waals surface area contributed by atoms with Gasteiger partial charge >= 0.3 is 41.2 Å². The van der Waals surface area contributed by atoms with Crippen LogP contribution in [0, 0.1) is 0 Å².